The van der Waals surface area contributed by atoms with E-state index >= 15 is 0 Å². The van der Waals surface area contributed by atoms with Crippen LogP contribution in [0.3, 0.4) is 0 Å². The summed E-state index contributed by atoms with van der Waals surface area (Å²) in [6.45, 7) is 1.57. The van der Waals surface area contributed by atoms with Crippen LogP contribution in [0.15, 0.2) is 0 Å². The van der Waals surface area contributed by atoms with Crippen LogP contribution in [0.1, 0.15) is 11.4 Å². The predicted octanol–water partition coefficient (Wildman–Crippen LogP) is -0.973. The molecule has 82 valence electrons. The van der Waals surface area contributed by atoms with E-state index in [1.165, 1.54) is 0 Å². The Kier molecular flexibility index (Phi) is 3.05. The van der Waals surface area contributed by atoms with Crippen molar-refractivity contribution >= 4 is 11.8 Å². The maximum Gasteiger partial charge on any atom is 0.320 e. The van der Waals surface area contributed by atoms with Crippen molar-refractivity contribution in [2.24, 2.45) is 5.73 Å². The zero-order chi connectivity index (χ0) is 11.6. The standard InChI is InChI=1S/C8H12N4O3/c1-3-11-6(10)4(7(13)12-3)2-5(9)8(14)15/h5H,2,9H2,1H3,(H,14,15)(H3,10,11,12,13). The molecule has 0 aliphatic carbocycles. The molecule has 0 radical (unpaired) electrons. The Morgan fingerprint density at radius 1 is 1.53 bits per heavy atom. The van der Waals surface area contributed by atoms with Crippen molar-refractivity contribution in [1.82, 2.24) is 9.97 Å². The second-order valence-corrected chi connectivity index (χ2v) is 3.11. The first-order valence-corrected chi connectivity index (χ1v) is 4.22. The summed E-state index contributed by atoms with van der Waals surface area (Å²) in [5, 5.41) is 18.0. The summed E-state index contributed by atoms with van der Waals surface area (Å²) >= 11 is 0. The molecular formula is C8H12N4O3. The van der Waals surface area contributed by atoms with Crippen LogP contribution in [-0.4, -0.2) is 32.2 Å². The number of aromatic hydroxyl groups is 1. The lowest BCUT2D eigenvalue weighted by atomic mass is 10.1. The molecule has 1 atom stereocenters. The molecule has 1 unspecified atom stereocenters. The maximum atomic E-state index is 10.5. The summed E-state index contributed by atoms with van der Waals surface area (Å²) in [6, 6.07) is -1.13. The summed E-state index contributed by atoms with van der Waals surface area (Å²) in [7, 11) is 0. The lowest BCUT2D eigenvalue weighted by molar-refractivity contribution is -0.138. The number of carboxylic acid groups (broad SMARTS) is 1. The summed E-state index contributed by atoms with van der Waals surface area (Å²) in [5.41, 5.74) is 11.0. The zero-order valence-corrected chi connectivity index (χ0v) is 8.14. The Morgan fingerprint density at radius 2 is 2.13 bits per heavy atom. The molecule has 1 heterocycles. The Morgan fingerprint density at radius 3 is 2.60 bits per heavy atom. The third kappa shape index (κ3) is 2.53. The average molecular weight is 212 g/mol. The highest BCUT2D eigenvalue weighted by molar-refractivity contribution is 5.74. The molecule has 6 N–H and O–H groups in total. The van der Waals surface area contributed by atoms with Crippen LogP contribution in [0.5, 0.6) is 5.88 Å². The van der Waals surface area contributed by atoms with E-state index in [1.54, 1.807) is 6.92 Å². The minimum absolute atomic E-state index is 0.0525. The molecule has 0 aliphatic rings. The Bertz CT molecular complexity index is 370. The predicted molar refractivity (Wildman–Crippen MR) is 52.2 cm³/mol. The maximum absolute atomic E-state index is 10.5. The number of hydrogen-bond donors (Lipinski definition) is 4. The topological polar surface area (TPSA) is 135 Å². The van der Waals surface area contributed by atoms with Crippen molar-refractivity contribution in [3.8, 4) is 5.88 Å². The smallest absolute Gasteiger partial charge is 0.320 e. The van der Waals surface area contributed by atoms with Crippen LogP contribution in [-0.2, 0) is 11.2 Å². The summed E-state index contributed by atoms with van der Waals surface area (Å²) in [4.78, 5) is 18.0. The molecule has 1 aromatic rings. The SMILES string of the molecule is Cc1nc(N)c(CC(N)C(=O)O)c(O)n1. The van der Waals surface area contributed by atoms with Gasteiger partial charge in [0.05, 0.1) is 5.56 Å². The van der Waals surface area contributed by atoms with Crippen molar-refractivity contribution < 1.29 is 15.0 Å². The number of carbonyl (C=O) groups is 1. The summed E-state index contributed by atoms with van der Waals surface area (Å²) in [5.74, 6) is -1.12. The van der Waals surface area contributed by atoms with Gasteiger partial charge in [-0.15, -0.1) is 0 Å². The fourth-order valence-electron chi connectivity index (χ4n) is 1.11. The minimum atomic E-state index is -1.17. The second kappa shape index (κ2) is 4.09. The summed E-state index contributed by atoms with van der Waals surface area (Å²) < 4.78 is 0. The molecule has 7 heteroatoms. The van der Waals surface area contributed by atoms with E-state index in [4.69, 9.17) is 16.6 Å². The lowest BCUT2D eigenvalue weighted by Crippen LogP contribution is -2.32. The summed E-state index contributed by atoms with van der Waals surface area (Å²) in [6.07, 6.45) is -0.104. The first-order valence-electron chi connectivity index (χ1n) is 4.22. The van der Waals surface area contributed by atoms with E-state index in [0.29, 0.717) is 5.82 Å². The monoisotopic (exact) mass is 212 g/mol. The molecule has 0 saturated heterocycles. The Balaban J connectivity index is 3.00. The van der Waals surface area contributed by atoms with E-state index in [1.807, 2.05) is 0 Å². The number of hydrogen-bond acceptors (Lipinski definition) is 6. The van der Waals surface area contributed by atoms with Gasteiger partial charge in [-0.05, 0) is 6.92 Å². The number of carboxylic acids is 1. The van der Waals surface area contributed by atoms with Crippen LogP contribution in [0.4, 0.5) is 5.82 Å². The van der Waals surface area contributed by atoms with Crippen molar-refractivity contribution in [2.45, 2.75) is 19.4 Å². The molecule has 0 amide bonds. The molecule has 15 heavy (non-hydrogen) atoms. The van der Waals surface area contributed by atoms with Gasteiger partial charge in [0.15, 0.2) is 0 Å². The van der Waals surface area contributed by atoms with Crippen molar-refractivity contribution in [3.05, 3.63) is 11.4 Å². The van der Waals surface area contributed by atoms with Crippen LogP contribution in [0, 0.1) is 6.92 Å². The number of nitrogens with two attached hydrogens (primary N) is 2. The van der Waals surface area contributed by atoms with Crippen molar-refractivity contribution in [2.75, 3.05) is 5.73 Å². The first kappa shape index (κ1) is 11.2. The molecule has 0 aliphatic heterocycles. The van der Waals surface area contributed by atoms with Gasteiger partial charge in [-0.1, -0.05) is 0 Å². The fraction of sp³-hybridized carbons (Fsp3) is 0.375. The van der Waals surface area contributed by atoms with Crippen LogP contribution in [0.25, 0.3) is 0 Å². The largest absolute Gasteiger partial charge is 0.493 e. The number of nitrogen functional groups attached to an aromatic ring is 1. The van der Waals surface area contributed by atoms with Gasteiger partial charge < -0.3 is 21.7 Å². The van der Waals surface area contributed by atoms with E-state index in [-0.39, 0.29) is 23.7 Å². The number of aromatic nitrogens is 2. The molecular weight excluding hydrogens is 200 g/mol. The second-order valence-electron chi connectivity index (χ2n) is 3.11. The lowest BCUT2D eigenvalue weighted by Gasteiger charge is -2.10. The third-order valence-corrected chi connectivity index (χ3v) is 1.87. The zero-order valence-electron chi connectivity index (χ0n) is 8.14. The number of aliphatic carboxylic acids is 1. The highest BCUT2D eigenvalue weighted by Crippen LogP contribution is 2.20. The number of rotatable bonds is 3. The van der Waals surface area contributed by atoms with E-state index in [9.17, 15) is 9.90 Å². The van der Waals surface area contributed by atoms with Crippen molar-refractivity contribution in [1.29, 1.82) is 0 Å². The van der Waals surface area contributed by atoms with Gasteiger partial charge in [0.25, 0.3) is 0 Å². The molecule has 1 aromatic heterocycles. The van der Waals surface area contributed by atoms with Gasteiger partial charge in [-0.3, -0.25) is 4.79 Å². The molecule has 0 bridgehead atoms. The number of anilines is 1. The van der Waals surface area contributed by atoms with Crippen LogP contribution < -0.4 is 11.5 Å². The van der Waals surface area contributed by atoms with Gasteiger partial charge in [0, 0.05) is 6.42 Å². The Hall–Kier alpha value is -1.89. The molecule has 7 nitrogen and oxygen atoms in total. The van der Waals surface area contributed by atoms with Crippen molar-refractivity contribution in [3.63, 3.8) is 0 Å². The number of aryl methyl sites for hydroxylation is 1. The van der Waals surface area contributed by atoms with Gasteiger partial charge in [-0.2, -0.15) is 4.98 Å². The van der Waals surface area contributed by atoms with E-state index in [2.05, 4.69) is 9.97 Å². The molecule has 0 saturated carbocycles. The first-order chi connectivity index (χ1) is 6.91. The fourth-order valence-corrected chi connectivity index (χ4v) is 1.11. The molecule has 0 fully saturated rings. The highest BCUT2D eigenvalue weighted by Gasteiger charge is 2.18. The van der Waals surface area contributed by atoms with Gasteiger partial charge in [0.1, 0.15) is 17.7 Å². The average Bonchev–Trinajstić information content (AvgIpc) is 2.10. The Labute approximate surface area is 85.8 Å². The molecule has 0 spiro atoms. The quantitative estimate of drug-likeness (QED) is 0.506. The third-order valence-electron chi connectivity index (χ3n) is 1.87. The van der Waals surface area contributed by atoms with Crippen LogP contribution >= 0.6 is 0 Å². The normalized spacial score (nSPS) is 12.4. The molecule has 0 aromatic carbocycles. The van der Waals surface area contributed by atoms with E-state index < -0.39 is 12.0 Å². The molecule has 1 rings (SSSR count). The van der Waals surface area contributed by atoms with Gasteiger partial charge in [0.2, 0.25) is 5.88 Å². The highest BCUT2D eigenvalue weighted by atomic mass is 16.4. The van der Waals surface area contributed by atoms with Gasteiger partial charge in [-0.25, -0.2) is 4.98 Å². The minimum Gasteiger partial charge on any atom is -0.493 e. The van der Waals surface area contributed by atoms with E-state index in [0.717, 1.165) is 0 Å². The number of nitrogens with zero attached hydrogens (tertiary/aromatic N) is 2. The van der Waals surface area contributed by atoms with Gasteiger partial charge >= 0.3 is 5.97 Å². The van der Waals surface area contributed by atoms with Crippen LogP contribution in [0.2, 0.25) is 0 Å².